The summed E-state index contributed by atoms with van der Waals surface area (Å²) < 4.78 is 13.0. The second-order valence-electron chi connectivity index (χ2n) is 2.99. The summed E-state index contributed by atoms with van der Waals surface area (Å²) in [6.45, 7) is 1.53. The molecule has 84 valence electrons. The number of rotatable bonds is 2. The fourth-order valence-electron chi connectivity index (χ4n) is 1.09. The van der Waals surface area contributed by atoms with Gasteiger partial charge in [-0.05, 0) is 19.1 Å². The molecule has 4 N–H and O–H groups in total. The van der Waals surface area contributed by atoms with E-state index in [1.165, 1.54) is 6.92 Å². The van der Waals surface area contributed by atoms with Crippen molar-refractivity contribution in [3.8, 4) is 5.75 Å². The smallest absolute Gasteiger partial charge is 0.335 e. The first-order valence-electron chi connectivity index (χ1n) is 3.94. The fourth-order valence-corrected chi connectivity index (χ4v) is 1.09. The second kappa shape index (κ2) is 4.95. The van der Waals surface area contributed by atoms with E-state index >= 15 is 0 Å². The monoisotopic (exact) mass is 235 g/mol. The van der Waals surface area contributed by atoms with Crippen LogP contribution >= 0.6 is 12.4 Å². The van der Waals surface area contributed by atoms with E-state index in [4.69, 9.17) is 10.8 Å². The van der Waals surface area contributed by atoms with Gasteiger partial charge >= 0.3 is 5.97 Å². The molecule has 4 nitrogen and oxygen atoms in total. The van der Waals surface area contributed by atoms with Gasteiger partial charge in [0.25, 0.3) is 0 Å². The van der Waals surface area contributed by atoms with Gasteiger partial charge < -0.3 is 15.9 Å². The molecule has 6 heteroatoms. The quantitative estimate of drug-likeness (QED) is 0.728. The van der Waals surface area contributed by atoms with Crippen LogP contribution in [-0.2, 0) is 0 Å². The van der Waals surface area contributed by atoms with Crippen LogP contribution in [0.3, 0.4) is 0 Å². The van der Waals surface area contributed by atoms with Crippen LogP contribution in [0.5, 0.6) is 5.75 Å². The molecule has 1 rings (SSSR count). The normalized spacial score (nSPS) is 11.7. The van der Waals surface area contributed by atoms with Crippen molar-refractivity contribution in [3.63, 3.8) is 0 Å². The van der Waals surface area contributed by atoms with Crippen LogP contribution in [0.2, 0.25) is 0 Å². The van der Waals surface area contributed by atoms with E-state index in [-0.39, 0.29) is 23.5 Å². The molecule has 0 aliphatic rings. The Kier molecular flexibility index (Phi) is 4.51. The lowest BCUT2D eigenvalue weighted by Gasteiger charge is -2.09. The summed E-state index contributed by atoms with van der Waals surface area (Å²) >= 11 is 0. The minimum absolute atomic E-state index is 0. The molecule has 0 aromatic heterocycles. The molecule has 1 aromatic carbocycles. The summed E-state index contributed by atoms with van der Waals surface area (Å²) in [7, 11) is 0. The minimum atomic E-state index is -1.26. The van der Waals surface area contributed by atoms with Crippen molar-refractivity contribution in [2.45, 2.75) is 13.0 Å². The molecular formula is C9H11ClFNO3. The lowest BCUT2D eigenvalue weighted by molar-refractivity contribution is 0.0696. The van der Waals surface area contributed by atoms with Crippen LogP contribution in [0.1, 0.15) is 28.9 Å². The zero-order valence-corrected chi connectivity index (χ0v) is 8.71. The van der Waals surface area contributed by atoms with E-state index in [1.807, 2.05) is 0 Å². The topological polar surface area (TPSA) is 83.6 Å². The number of nitrogens with two attached hydrogens (primary N) is 1. The summed E-state index contributed by atoms with van der Waals surface area (Å²) in [6, 6.07) is 1.29. The van der Waals surface area contributed by atoms with Gasteiger partial charge in [0.2, 0.25) is 0 Å². The van der Waals surface area contributed by atoms with Gasteiger partial charge in [-0.2, -0.15) is 0 Å². The Morgan fingerprint density at radius 1 is 1.53 bits per heavy atom. The third kappa shape index (κ3) is 2.81. The molecule has 0 heterocycles. The van der Waals surface area contributed by atoms with Crippen molar-refractivity contribution in [3.05, 3.63) is 29.1 Å². The largest absolute Gasteiger partial charge is 0.505 e. The van der Waals surface area contributed by atoms with E-state index < -0.39 is 23.6 Å². The van der Waals surface area contributed by atoms with Crippen molar-refractivity contribution >= 4 is 18.4 Å². The summed E-state index contributed by atoms with van der Waals surface area (Å²) in [6.07, 6.45) is 0. The Morgan fingerprint density at radius 3 is 2.47 bits per heavy atom. The van der Waals surface area contributed by atoms with Crippen molar-refractivity contribution in [2.75, 3.05) is 0 Å². The first kappa shape index (κ1) is 13.7. The first-order valence-corrected chi connectivity index (χ1v) is 3.94. The second-order valence-corrected chi connectivity index (χ2v) is 2.99. The van der Waals surface area contributed by atoms with Crippen LogP contribution in [0.15, 0.2) is 12.1 Å². The molecule has 0 radical (unpaired) electrons. The third-order valence-electron chi connectivity index (χ3n) is 1.83. The van der Waals surface area contributed by atoms with Gasteiger partial charge in [0.15, 0.2) is 11.6 Å². The fraction of sp³-hybridized carbons (Fsp3) is 0.222. The van der Waals surface area contributed by atoms with Gasteiger partial charge in [-0.3, -0.25) is 0 Å². The number of carboxylic acids is 1. The molecular weight excluding hydrogens is 225 g/mol. The minimum Gasteiger partial charge on any atom is -0.505 e. The number of phenolic OH excluding ortho intramolecular Hbond substituents is 1. The summed E-state index contributed by atoms with van der Waals surface area (Å²) in [5.74, 6) is -2.83. The molecule has 0 fully saturated rings. The maximum Gasteiger partial charge on any atom is 0.335 e. The number of carbonyl (C=O) groups is 1. The number of halogens is 2. The maximum atomic E-state index is 13.0. The van der Waals surface area contributed by atoms with E-state index in [1.54, 1.807) is 0 Å². The van der Waals surface area contributed by atoms with Crippen LogP contribution in [-0.4, -0.2) is 16.2 Å². The zero-order chi connectivity index (χ0) is 10.9. The van der Waals surface area contributed by atoms with Crippen LogP contribution in [0.4, 0.5) is 4.39 Å². The summed E-state index contributed by atoms with van der Waals surface area (Å²) in [4.78, 5) is 10.6. The van der Waals surface area contributed by atoms with Crippen LogP contribution < -0.4 is 5.73 Å². The number of aromatic carboxylic acids is 1. The van der Waals surface area contributed by atoms with Crippen molar-refractivity contribution in [1.29, 1.82) is 0 Å². The SMILES string of the molecule is C[C@@H](N)c1cc(C(=O)O)cc(F)c1O.Cl. The Balaban J connectivity index is 0.00000196. The van der Waals surface area contributed by atoms with Gasteiger partial charge in [0, 0.05) is 11.6 Å². The van der Waals surface area contributed by atoms with Crippen LogP contribution in [0.25, 0.3) is 0 Å². The number of carboxylic acid groups (broad SMARTS) is 1. The highest BCUT2D eigenvalue weighted by molar-refractivity contribution is 5.88. The van der Waals surface area contributed by atoms with Gasteiger partial charge in [0.1, 0.15) is 0 Å². The highest BCUT2D eigenvalue weighted by Gasteiger charge is 2.15. The standard InChI is InChI=1S/C9H10FNO3.ClH/c1-4(11)6-2-5(9(13)14)3-7(10)8(6)12;/h2-4,12H,11H2,1H3,(H,13,14);1H/t4-;/m1./s1. The van der Waals surface area contributed by atoms with Crippen molar-refractivity contribution in [2.24, 2.45) is 5.73 Å². The summed E-state index contributed by atoms with van der Waals surface area (Å²) in [5, 5.41) is 17.8. The highest BCUT2D eigenvalue weighted by atomic mass is 35.5. The Hall–Kier alpha value is -1.33. The van der Waals surface area contributed by atoms with Gasteiger partial charge in [-0.15, -0.1) is 12.4 Å². The van der Waals surface area contributed by atoms with Crippen molar-refractivity contribution in [1.82, 2.24) is 0 Å². The average Bonchev–Trinajstić information content (AvgIpc) is 2.08. The Bertz CT molecular complexity index is 382. The molecule has 1 atom stereocenters. The molecule has 0 aliphatic heterocycles. The molecule has 0 unspecified atom stereocenters. The predicted octanol–water partition coefficient (Wildman–Crippen LogP) is 1.67. The number of benzene rings is 1. The molecule has 0 amide bonds. The molecule has 0 spiro atoms. The third-order valence-corrected chi connectivity index (χ3v) is 1.83. The van der Waals surface area contributed by atoms with Crippen LogP contribution in [0, 0.1) is 5.82 Å². The van der Waals surface area contributed by atoms with E-state index in [9.17, 15) is 14.3 Å². The Morgan fingerprint density at radius 2 is 2.07 bits per heavy atom. The molecule has 15 heavy (non-hydrogen) atoms. The molecule has 0 saturated heterocycles. The van der Waals surface area contributed by atoms with Crippen molar-refractivity contribution < 1.29 is 19.4 Å². The molecule has 0 aliphatic carbocycles. The predicted molar refractivity (Wildman–Crippen MR) is 54.9 cm³/mol. The summed E-state index contributed by atoms with van der Waals surface area (Å²) in [5.41, 5.74) is 5.29. The number of aromatic hydroxyl groups is 1. The highest BCUT2D eigenvalue weighted by Crippen LogP contribution is 2.27. The number of hydrogen-bond acceptors (Lipinski definition) is 3. The van der Waals surface area contributed by atoms with E-state index in [2.05, 4.69) is 0 Å². The molecule has 1 aromatic rings. The maximum absolute atomic E-state index is 13.0. The van der Waals surface area contributed by atoms with E-state index in [0.717, 1.165) is 12.1 Å². The lowest BCUT2D eigenvalue weighted by atomic mass is 10.0. The Labute approximate surface area is 91.9 Å². The van der Waals surface area contributed by atoms with Gasteiger partial charge in [-0.25, -0.2) is 9.18 Å². The lowest BCUT2D eigenvalue weighted by Crippen LogP contribution is -2.08. The van der Waals surface area contributed by atoms with Gasteiger partial charge in [-0.1, -0.05) is 0 Å². The number of phenols is 1. The van der Waals surface area contributed by atoms with E-state index in [0.29, 0.717) is 0 Å². The first-order chi connectivity index (χ1) is 6.43. The molecule has 0 bridgehead atoms. The number of hydrogen-bond donors (Lipinski definition) is 3. The average molecular weight is 236 g/mol. The zero-order valence-electron chi connectivity index (χ0n) is 7.90. The van der Waals surface area contributed by atoms with Gasteiger partial charge in [0.05, 0.1) is 5.56 Å². The molecule has 0 saturated carbocycles.